The highest BCUT2D eigenvalue weighted by molar-refractivity contribution is 5.79. The number of aryl methyl sites for hydroxylation is 1. The van der Waals surface area contributed by atoms with Crippen molar-refractivity contribution in [1.29, 1.82) is 0 Å². The Hall–Kier alpha value is -2.41. The summed E-state index contributed by atoms with van der Waals surface area (Å²) in [6, 6.07) is 5.99. The van der Waals surface area contributed by atoms with Crippen molar-refractivity contribution in [3.63, 3.8) is 0 Å². The molecule has 1 aromatic heterocycles. The van der Waals surface area contributed by atoms with Crippen LogP contribution in [0.2, 0.25) is 0 Å². The molecule has 1 amide bonds. The van der Waals surface area contributed by atoms with E-state index in [2.05, 4.69) is 20.1 Å². The molecule has 2 aliphatic heterocycles. The smallest absolute Gasteiger partial charge is 0.227 e. The van der Waals surface area contributed by atoms with Crippen LogP contribution in [0.1, 0.15) is 41.5 Å². The molecule has 0 aliphatic carbocycles. The standard InChI is InChI=1S/C20H27N5O2/c1-14-3-4-17(27-2)16(11-14)12-19(26)24-8-5-15(6-9-24)20-23-22-18-13-21-7-10-25(18)20/h3-4,11,15,21H,5-10,12-13H2,1-2H3. The topological polar surface area (TPSA) is 72.3 Å². The summed E-state index contributed by atoms with van der Waals surface area (Å²) in [5, 5.41) is 12.1. The third-order valence-electron chi connectivity index (χ3n) is 5.64. The Kier molecular flexibility index (Phi) is 5.11. The lowest BCUT2D eigenvalue weighted by Crippen LogP contribution is -2.39. The molecule has 0 atom stereocenters. The molecule has 7 nitrogen and oxygen atoms in total. The van der Waals surface area contributed by atoms with E-state index < -0.39 is 0 Å². The second kappa shape index (κ2) is 7.68. The minimum Gasteiger partial charge on any atom is -0.496 e. The van der Waals surface area contributed by atoms with E-state index in [4.69, 9.17) is 4.74 Å². The second-order valence-electron chi connectivity index (χ2n) is 7.45. The van der Waals surface area contributed by atoms with Gasteiger partial charge >= 0.3 is 0 Å². The highest BCUT2D eigenvalue weighted by atomic mass is 16.5. The number of rotatable bonds is 4. The van der Waals surface area contributed by atoms with Crippen molar-refractivity contribution < 1.29 is 9.53 Å². The molecule has 7 heteroatoms. The number of hydrogen-bond acceptors (Lipinski definition) is 5. The maximum Gasteiger partial charge on any atom is 0.227 e. The van der Waals surface area contributed by atoms with Crippen molar-refractivity contribution in [2.75, 3.05) is 26.7 Å². The van der Waals surface area contributed by atoms with Gasteiger partial charge in [-0.15, -0.1) is 10.2 Å². The first-order valence-corrected chi connectivity index (χ1v) is 9.69. The molecule has 0 radical (unpaired) electrons. The highest BCUT2D eigenvalue weighted by Crippen LogP contribution is 2.29. The van der Waals surface area contributed by atoms with Crippen molar-refractivity contribution in [3.05, 3.63) is 41.0 Å². The first-order valence-electron chi connectivity index (χ1n) is 9.69. The number of methoxy groups -OCH3 is 1. The molecule has 27 heavy (non-hydrogen) atoms. The number of hydrogen-bond donors (Lipinski definition) is 1. The molecule has 4 rings (SSSR count). The van der Waals surface area contributed by atoms with E-state index in [-0.39, 0.29) is 5.91 Å². The summed E-state index contributed by atoms with van der Waals surface area (Å²) in [4.78, 5) is 14.8. The minimum atomic E-state index is 0.171. The first kappa shape index (κ1) is 18.0. The lowest BCUT2D eigenvalue weighted by molar-refractivity contribution is -0.131. The van der Waals surface area contributed by atoms with Gasteiger partial charge in [0.25, 0.3) is 0 Å². The summed E-state index contributed by atoms with van der Waals surface area (Å²) >= 11 is 0. The van der Waals surface area contributed by atoms with Crippen molar-refractivity contribution in [2.45, 2.75) is 45.2 Å². The predicted octanol–water partition coefficient (Wildman–Crippen LogP) is 1.65. The van der Waals surface area contributed by atoms with Crippen LogP contribution in [0.15, 0.2) is 18.2 Å². The second-order valence-corrected chi connectivity index (χ2v) is 7.45. The maximum absolute atomic E-state index is 12.8. The quantitative estimate of drug-likeness (QED) is 0.887. The van der Waals surface area contributed by atoms with Crippen LogP contribution < -0.4 is 10.1 Å². The molecule has 2 aliphatic rings. The number of likely N-dealkylation sites (tertiary alicyclic amines) is 1. The number of nitrogens with one attached hydrogen (secondary N) is 1. The van der Waals surface area contributed by atoms with Gasteiger partial charge in [-0.05, 0) is 25.8 Å². The fourth-order valence-electron chi connectivity index (χ4n) is 4.12. The average Bonchev–Trinajstić information content (AvgIpc) is 3.12. The SMILES string of the molecule is COc1ccc(C)cc1CC(=O)N1CCC(c2nnc3n2CCNC3)CC1. The summed E-state index contributed by atoms with van der Waals surface area (Å²) in [7, 11) is 1.65. The Balaban J connectivity index is 1.39. The monoisotopic (exact) mass is 369 g/mol. The summed E-state index contributed by atoms with van der Waals surface area (Å²) in [5.74, 6) is 3.47. The number of aromatic nitrogens is 3. The van der Waals surface area contributed by atoms with Crippen molar-refractivity contribution in [2.24, 2.45) is 0 Å². The van der Waals surface area contributed by atoms with Crippen LogP contribution in [-0.4, -0.2) is 52.3 Å². The molecular formula is C20H27N5O2. The number of piperidine rings is 1. The van der Waals surface area contributed by atoms with Crippen LogP contribution in [-0.2, 0) is 24.3 Å². The van der Waals surface area contributed by atoms with Crippen LogP contribution in [0.3, 0.4) is 0 Å². The average molecular weight is 369 g/mol. The number of amides is 1. The van der Waals surface area contributed by atoms with Crippen LogP contribution in [0.25, 0.3) is 0 Å². The van der Waals surface area contributed by atoms with Gasteiger partial charge in [-0.25, -0.2) is 0 Å². The zero-order chi connectivity index (χ0) is 18.8. The first-order chi connectivity index (χ1) is 13.2. The Bertz CT molecular complexity index is 824. The van der Waals surface area contributed by atoms with Crippen molar-refractivity contribution in [3.8, 4) is 5.75 Å². The van der Waals surface area contributed by atoms with E-state index in [1.165, 1.54) is 0 Å². The third kappa shape index (κ3) is 3.69. The molecule has 0 unspecified atom stereocenters. The summed E-state index contributed by atoms with van der Waals surface area (Å²) in [6.45, 7) is 6.28. The molecule has 0 saturated carbocycles. The van der Waals surface area contributed by atoms with Gasteiger partial charge < -0.3 is 19.5 Å². The number of carbonyl (C=O) groups is 1. The number of benzene rings is 1. The molecular weight excluding hydrogens is 342 g/mol. The van der Waals surface area contributed by atoms with Gasteiger partial charge in [0.2, 0.25) is 5.91 Å². The third-order valence-corrected chi connectivity index (χ3v) is 5.64. The lowest BCUT2D eigenvalue weighted by Gasteiger charge is -2.32. The van der Waals surface area contributed by atoms with Gasteiger partial charge in [-0.2, -0.15) is 0 Å². The maximum atomic E-state index is 12.8. The summed E-state index contributed by atoms with van der Waals surface area (Å²) in [6.07, 6.45) is 2.28. The molecule has 0 spiro atoms. The van der Waals surface area contributed by atoms with Gasteiger partial charge in [0.05, 0.1) is 20.1 Å². The van der Waals surface area contributed by atoms with Crippen LogP contribution >= 0.6 is 0 Å². The molecule has 144 valence electrons. The van der Waals surface area contributed by atoms with Crippen LogP contribution in [0, 0.1) is 6.92 Å². The predicted molar refractivity (Wildman–Crippen MR) is 102 cm³/mol. The van der Waals surface area contributed by atoms with Gasteiger partial charge in [0.15, 0.2) is 0 Å². The van der Waals surface area contributed by atoms with E-state index in [0.717, 1.165) is 74.1 Å². The van der Waals surface area contributed by atoms with E-state index >= 15 is 0 Å². The Morgan fingerprint density at radius 3 is 2.85 bits per heavy atom. The lowest BCUT2D eigenvalue weighted by atomic mass is 9.95. The molecule has 3 heterocycles. The van der Waals surface area contributed by atoms with Crippen LogP contribution in [0.5, 0.6) is 5.75 Å². The zero-order valence-corrected chi connectivity index (χ0v) is 16.1. The molecule has 1 N–H and O–H groups in total. The molecule has 2 aromatic rings. The van der Waals surface area contributed by atoms with E-state index in [1.54, 1.807) is 7.11 Å². The number of nitrogens with zero attached hydrogens (tertiary/aromatic N) is 4. The fraction of sp³-hybridized carbons (Fsp3) is 0.550. The van der Waals surface area contributed by atoms with E-state index in [0.29, 0.717) is 12.3 Å². The van der Waals surface area contributed by atoms with Gasteiger partial charge in [-0.1, -0.05) is 17.7 Å². The van der Waals surface area contributed by atoms with Crippen LogP contribution in [0.4, 0.5) is 0 Å². The Labute approximate surface area is 159 Å². The van der Waals surface area contributed by atoms with Crippen molar-refractivity contribution >= 4 is 5.91 Å². The minimum absolute atomic E-state index is 0.171. The normalized spacial score (nSPS) is 17.6. The number of ether oxygens (including phenoxy) is 1. The van der Waals surface area contributed by atoms with E-state index in [1.807, 2.05) is 30.0 Å². The van der Waals surface area contributed by atoms with Gasteiger partial charge in [-0.3, -0.25) is 4.79 Å². The fourth-order valence-corrected chi connectivity index (χ4v) is 4.12. The Morgan fingerprint density at radius 2 is 2.07 bits per heavy atom. The highest BCUT2D eigenvalue weighted by Gasteiger charge is 2.29. The number of fused-ring (bicyclic) bond motifs is 1. The van der Waals surface area contributed by atoms with Gasteiger partial charge in [0.1, 0.15) is 17.4 Å². The molecule has 1 fully saturated rings. The van der Waals surface area contributed by atoms with Crippen molar-refractivity contribution in [1.82, 2.24) is 25.0 Å². The molecule has 1 aromatic carbocycles. The van der Waals surface area contributed by atoms with Gasteiger partial charge in [0, 0.05) is 37.7 Å². The summed E-state index contributed by atoms with van der Waals surface area (Å²) in [5.41, 5.74) is 2.10. The zero-order valence-electron chi connectivity index (χ0n) is 16.1. The summed E-state index contributed by atoms with van der Waals surface area (Å²) < 4.78 is 7.67. The molecule has 1 saturated heterocycles. The van der Waals surface area contributed by atoms with E-state index in [9.17, 15) is 4.79 Å². The Morgan fingerprint density at radius 1 is 1.26 bits per heavy atom. The largest absolute Gasteiger partial charge is 0.496 e. The number of carbonyl (C=O) groups excluding carboxylic acids is 1. The molecule has 0 bridgehead atoms.